The summed E-state index contributed by atoms with van der Waals surface area (Å²) in [4.78, 5) is 22.5. The fourth-order valence-electron chi connectivity index (χ4n) is 2.41. The molecule has 0 aliphatic carbocycles. The highest BCUT2D eigenvalue weighted by Gasteiger charge is 2.18. The molecule has 0 radical (unpaired) electrons. The Labute approximate surface area is 162 Å². The lowest BCUT2D eigenvalue weighted by Gasteiger charge is -2.07. The molecule has 0 fully saturated rings. The highest BCUT2D eigenvalue weighted by atomic mass is 79.9. The van der Waals surface area contributed by atoms with Crippen LogP contribution in [0.5, 0.6) is 0 Å². The first-order chi connectivity index (χ1) is 12.8. The smallest absolute Gasteiger partial charge is 0.358 e. The van der Waals surface area contributed by atoms with Crippen LogP contribution in [0.15, 0.2) is 53.1 Å². The van der Waals surface area contributed by atoms with E-state index in [0.717, 1.165) is 5.56 Å². The van der Waals surface area contributed by atoms with Crippen LogP contribution in [-0.2, 0) is 6.54 Å². The van der Waals surface area contributed by atoms with Crippen molar-refractivity contribution in [3.8, 4) is 0 Å². The van der Waals surface area contributed by atoms with E-state index in [9.17, 15) is 19.3 Å². The van der Waals surface area contributed by atoms with Gasteiger partial charge < -0.3 is 15.4 Å². The number of amides is 1. The molecule has 0 aliphatic heterocycles. The van der Waals surface area contributed by atoms with E-state index in [1.165, 1.54) is 16.9 Å². The summed E-state index contributed by atoms with van der Waals surface area (Å²) in [7, 11) is 0. The van der Waals surface area contributed by atoms with E-state index >= 15 is 0 Å². The summed E-state index contributed by atoms with van der Waals surface area (Å²) >= 11 is 3.10. The molecule has 3 rings (SSSR count). The SMILES string of the molecule is Cc1ccc(NC(=O)c2ccc(Cn3cc(Br)c([N+](=O)[O-])n3)cc2)cc1F. The topological polar surface area (TPSA) is 90.1 Å². The molecular weight excluding hydrogens is 419 g/mol. The van der Waals surface area contributed by atoms with Crippen LogP contribution in [0.3, 0.4) is 0 Å². The summed E-state index contributed by atoms with van der Waals surface area (Å²) in [5.41, 5.74) is 2.11. The summed E-state index contributed by atoms with van der Waals surface area (Å²) in [6, 6.07) is 11.2. The van der Waals surface area contributed by atoms with Crippen LogP contribution in [0.1, 0.15) is 21.5 Å². The van der Waals surface area contributed by atoms with Gasteiger partial charge in [0.25, 0.3) is 5.91 Å². The van der Waals surface area contributed by atoms with E-state index in [0.29, 0.717) is 27.8 Å². The van der Waals surface area contributed by atoms with Crippen molar-refractivity contribution in [2.24, 2.45) is 0 Å². The molecule has 1 amide bonds. The van der Waals surface area contributed by atoms with Gasteiger partial charge in [0.15, 0.2) is 0 Å². The van der Waals surface area contributed by atoms with Crippen molar-refractivity contribution in [2.75, 3.05) is 5.32 Å². The highest BCUT2D eigenvalue weighted by molar-refractivity contribution is 9.10. The van der Waals surface area contributed by atoms with Crippen LogP contribution >= 0.6 is 15.9 Å². The molecular formula is C18H14BrFN4O3. The maximum Gasteiger partial charge on any atom is 0.404 e. The van der Waals surface area contributed by atoms with Crippen molar-refractivity contribution in [3.05, 3.63) is 85.8 Å². The predicted molar refractivity (Wildman–Crippen MR) is 101 cm³/mol. The number of anilines is 1. The Morgan fingerprint density at radius 3 is 2.59 bits per heavy atom. The number of halogens is 2. The Morgan fingerprint density at radius 2 is 2.00 bits per heavy atom. The summed E-state index contributed by atoms with van der Waals surface area (Å²) < 4.78 is 15.3. The molecule has 3 aromatic rings. The molecule has 0 unspecified atom stereocenters. The van der Waals surface area contributed by atoms with E-state index in [1.807, 2.05) is 0 Å². The third-order valence-corrected chi connectivity index (χ3v) is 4.42. The van der Waals surface area contributed by atoms with Gasteiger partial charge in [-0.25, -0.2) is 4.39 Å². The quantitative estimate of drug-likeness (QED) is 0.480. The number of carbonyl (C=O) groups is 1. The van der Waals surface area contributed by atoms with Crippen LogP contribution < -0.4 is 5.32 Å². The summed E-state index contributed by atoms with van der Waals surface area (Å²) in [5.74, 6) is -0.999. The van der Waals surface area contributed by atoms with Crippen LogP contribution in [0.2, 0.25) is 0 Å². The van der Waals surface area contributed by atoms with E-state index in [2.05, 4.69) is 26.3 Å². The normalized spacial score (nSPS) is 10.6. The summed E-state index contributed by atoms with van der Waals surface area (Å²) in [6.45, 7) is 1.96. The van der Waals surface area contributed by atoms with Gasteiger partial charge >= 0.3 is 5.82 Å². The summed E-state index contributed by atoms with van der Waals surface area (Å²) in [6.07, 6.45) is 1.52. The number of nitrogens with one attached hydrogen (secondary N) is 1. The van der Waals surface area contributed by atoms with Gasteiger partial charge in [0.05, 0.1) is 17.8 Å². The second-order valence-corrected chi connectivity index (χ2v) is 6.72. The molecule has 0 atom stereocenters. The number of nitro groups is 1. The number of benzene rings is 2. The second kappa shape index (κ2) is 7.67. The van der Waals surface area contributed by atoms with Gasteiger partial charge in [0, 0.05) is 11.3 Å². The van der Waals surface area contributed by atoms with Gasteiger partial charge in [-0.05, 0) is 63.2 Å². The molecule has 7 nitrogen and oxygen atoms in total. The van der Waals surface area contributed by atoms with E-state index in [4.69, 9.17) is 0 Å². The molecule has 2 aromatic carbocycles. The first kappa shape index (κ1) is 18.7. The minimum Gasteiger partial charge on any atom is -0.358 e. The molecule has 1 N–H and O–H groups in total. The Balaban J connectivity index is 1.69. The number of nitrogens with zero attached hydrogens (tertiary/aromatic N) is 3. The Morgan fingerprint density at radius 1 is 1.30 bits per heavy atom. The van der Waals surface area contributed by atoms with Crippen molar-refractivity contribution < 1.29 is 14.1 Å². The van der Waals surface area contributed by atoms with E-state index in [1.54, 1.807) is 43.3 Å². The largest absolute Gasteiger partial charge is 0.404 e. The van der Waals surface area contributed by atoms with E-state index in [-0.39, 0.29) is 17.5 Å². The van der Waals surface area contributed by atoms with Gasteiger partial charge in [0.1, 0.15) is 10.3 Å². The molecule has 1 heterocycles. The third-order valence-electron chi connectivity index (χ3n) is 3.86. The zero-order chi connectivity index (χ0) is 19.6. The van der Waals surface area contributed by atoms with Crippen LogP contribution in [0.4, 0.5) is 15.9 Å². The molecule has 138 valence electrons. The second-order valence-electron chi connectivity index (χ2n) is 5.87. The zero-order valence-corrected chi connectivity index (χ0v) is 15.7. The molecule has 0 saturated carbocycles. The van der Waals surface area contributed by atoms with Crippen molar-refractivity contribution in [1.29, 1.82) is 0 Å². The zero-order valence-electron chi connectivity index (χ0n) is 14.1. The van der Waals surface area contributed by atoms with Crippen molar-refractivity contribution in [1.82, 2.24) is 9.78 Å². The van der Waals surface area contributed by atoms with Crippen LogP contribution in [-0.4, -0.2) is 20.6 Å². The standard InChI is InChI=1S/C18H14BrFN4O3/c1-11-2-7-14(8-16(11)20)21-18(25)13-5-3-12(4-6-13)9-23-10-15(19)17(22-23)24(26)27/h2-8,10H,9H2,1H3,(H,21,25). The fourth-order valence-corrected chi connectivity index (χ4v) is 2.87. The number of hydrogen-bond donors (Lipinski definition) is 1. The third kappa shape index (κ3) is 4.37. The van der Waals surface area contributed by atoms with Gasteiger partial charge in [-0.2, -0.15) is 4.68 Å². The molecule has 1 aromatic heterocycles. The summed E-state index contributed by atoms with van der Waals surface area (Å²) in [5, 5.41) is 17.4. The van der Waals surface area contributed by atoms with Crippen molar-refractivity contribution >= 4 is 33.3 Å². The molecule has 27 heavy (non-hydrogen) atoms. The van der Waals surface area contributed by atoms with Gasteiger partial charge in [-0.1, -0.05) is 18.2 Å². The Hall–Kier alpha value is -3.07. The molecule has 0 bridgehead atoms. The Bertz CT molecular complexity index is 1020. The predicted octanol–water partition coefficient (Wildman–Crippen LogP) is 4.30. The number of aryl methyl sites for hydroxylation is 1. The van der Waals surface area contributed by atoms with Crippen LogP contribution in [0, 0.1) is 22.9 Å². The lowest BCUT2D eigenvalue weighted by atomic mass is 10.1. The van der Waals surface area contributed by atoms with Gasteiger partial charge in [-0.3, -0.25) is 4.79 Å². The lowest BCUT2D eigenvalue weighted by Crippen LogP contribution is -2.12. The number of hydrogen-bond acceptors (Lipinski definition) is 4. The van der Waals surface area contributed by atoms with Crippen molar-refractivity contribution in [2.45, 2.75) is 13.5 Å². The molecule has 0 saturated heterocycles. The lowest BCUT2D eigenvalue weighted by molar-refractivity contribution is -0.390. The van der Waals surface area contributed by atoms with Gasteiger partial charge in [0.2, 0.25) is 0 Å². The highest BCUT2D eigenvalue weighted by Crippen LogP contribution is 2.22. The minimum atomic E-state index is -0.568. The maximum atomic E-state index is 13.6. The average Bonchev–Trinajstić information content (AvgIpc) is 2.99. The maximum absolute atomic E-state index is 13.6. The number of aromatic nitrogens is 2. The Kier molecular flexibility index (Phi) is 5.31. The molecule has 0 aliphatic rings. The van der Waals surface area contributed by atoms with Crippen LogP contribution in [0.25, 0.3) is 0 Å². The molecule has 9 heteroatoms. The molecule has 0 spiro atoms. The van der Waals surface area contributed by atoms with Crippen molar-refractivity contribution in [3.63, 3.8) is 0 Å². The first-order valence-electron chi connectivity index (χ1n) is 7.87. The average molecular weight is 433 g/mol. The number of rotatable bonds is 5. The minimum absolute atomic E-state index is 0.253. The number of carbonyl (C=O) groups excluding carboxylic acids is 1. The monoisotopic (exact) mass is 432 g/mol. The van der Waals surface area contributed by atoms with E-state index < -0.39 is 4.92 Å². The van der Waals surface area contributed by atoms with Gasteiger partial charge in [-0.15, -0.1) is 0 Å². The first-order valence-corrected chi connectivity index (χ1v) is 8.66. The fraction of sp³-hybridized carbons (Fsp3) is 0.111.